The number of hydrogen-bond acceptors (Lipinski definition) is 2. The molecule has 1 heterocycles. The van der Waals surface area contributed by atoms with Gasteiger partial charge in [-0.05, 0) is 20.3 Å². The molecule has 0 fully saturated rings. The first-order chi connectivity index (χ1) is 4.75. The second kappa shape index (κ2) is 3.24. The molecule has 0 saturated heterocycles. The van der Waals surface area contributed by atoms with Crippen molar-refractivity contribution in [1.82, 2.24) is 0 Å². The van der Waals surface area contributed by atoms with E-state index in [-0.39, 0.29) is 6.10 Å². The molecule has 2 atom stereocenters. The topological polar surface area (TPSA) is 21.6 Å². The Morgan fingerprint density at radius 3 is 2.80 bits per heavy atom. The first kappa shape index (κ1) is 7.86. The van der Waals surface area contributed by atoms with Gasteiger partial charge in [-0.15, -0.1) is 11.6 Å². The van der Waals surface area contributed by atoms with Gasteiger partial charge in [-0.2, -0.15) is 0 Å². The molecule has 0 amide bonds. The molecule has 10 heavy (non-hydrogen) atoms. The minimum atomic E-state index is 0.221. The van der Waals surface area contributed by atoms with E-state index in [0.717, 1.165) is 12.1 Å². The zero-order valence-electron chi connectivity index (χ0n) is 6.30. The zero-order valence-corrected chi connectivity index (χ0v) is 7.06. The first-order valence-electron chi connectivity index (χ1n) is 3.52. The van der Waals surface area contributed by atoms with Gasteiger partial charge in [0.25, 0.3) is 0 Å². The summed E-state index contributed by atoms with van der Waals surface area (Å²) in [6, 6.07) is 0. The Bertz CT molecular complexity index is 147. The molecule has 58 valence electrons. The van der Waals surface area contributed by atoms with Gasteiger partial charge in [0.05, 0.1) is 5.71 Å². The molecule has 0 radical (unpaired) electrons. The molecule has 0 aliphatic carbocycles. The Hall–Kier alpha value is -0.240. The molecule has 0 spiro atoms. The van der Waals surface area contributed by atoms with Gasteiger partial charge in [0.2, 0.25) is 0 Å². The monoisotopic (exact) mass is 161 g/mol. The predicted octanol–water partition coefficient (Wildman–Crippen LogP) is 2.03. The van der Waals surface area contributed by atoms with E-state index in [0.29, 0.717) is 11.8 Å². The molecule has 1 aliphatic rings. The number of rotatable bonds is 2. The summed E-state index contributed by atoms with van der Waals surface area (Å²) in [6.07, 6.45) is 1.19. The van der Waals surface area contributed by atoms with Gasteiger partial charge < -0.3 is 4.84 Å². The average Bonchev–Trinajstić information content (AvgIpc) is 2.20. The van der Waals surface area contributed by atoms with Crippen LogP contribution in [0, 0.1) is 5.92 Å². The van der Waals surface area contributed by atoms with Crippen LogP contribution in [0.15, 0.2) is 5.16 Å². The predicted molar refractivity (Wildman–Crippen MR) is 42.5 cm³/mol. The lowest BCUT2D eigenvalue weighted by Crippen LogP contribution is -2.18. The van der Waals surface area contributed by atoms with Gasteiger partial charge in [-0.25, -0.2) is 0 Å². The average molecular weight is 162 g/mol. The van der Waals surface area contributed by atoms with E-state index < -0.39 is 0 Å². The fraction of sp³-hybridized carbons (Fsp3) is 0.857. The molecule has 2 nitrogen and oxygen atoms in total. The van der Waals surface area contributed by atoms with E-state index >= 15 is 0 Å². The van der Waals surface area contributed by atoms with Crippen LogP contribution in [-0.2, 0) is 4.84 Å². The molecule has 2 unspecified atom stereocenters. The van der Waals surface area contributed by atoms with Crippen LogP contribution >= 0.6 is 11.6 Å². The number of hydrogen-bond donors (Lipinski definition) is 0. The Labute approximate surface area is 66.2 Å². The van der Waals surface area contributed by atoms with E-state index in [1.165, 1.54) is 0 Å². The van der Waals surface area contributed by atoms with Crippen LogP contribution in [0.3, 0.4) is 0 Å². The Morgan fingerprint density at radius 2 is 2.40 bits per heavy atom. The van der Waals surface area contributed by atoms with Crippen molar-refractivity contribution < 1.29 is 4.84 Å². The summed E-state index contributed by atoms with van der Waals surface area (Å²) in [5.41, 5.74) is 1.08. The lowest BCUT2D eigenvalue weighted by atomic mass is 9.97. The van der Waals surface area contributed by atoms with E-state index in [2.05, 4.69) is 5.16 Å². The summed E-state index contributed by atoms with van der Waals surface area (Å²) in [6.45, 7) is 4.01. The molecule has 0 aromatic carbocycles. The van der Waals surface area contributed by atoms with Crippen LogP contribution in [-0.4, -0.2) is 17.7 Å². The third-order valence-electron chi connectivity index (χ3n) is 1.89. The standard InChI is InChI=1S/C7H12ClNO/c1-5-7(3-4-8)6(2)10-9-5/h6-7H,3-4H2,1-2H3. The van der Waals surface area contributed by atoms with Crippen molar-refractivity contribution in [2.45, 2.75) is 26.4 Å². The van der Waals surface area contributed by atoms with Crippen molar-refractivity contribution in [3.63, 3.8) is 0 Å². The third-order valence-corrected chi connectivity index (χ3v) is 2.10. The van der Waals surface area contributed by atoms with Gasteiger partial charge in [-0.1, -0.05) is 5.16 Å². The van der Waals surface area contributed by atoms with Crippen molar-refractivity contribution >= 4 is 17.3 Å². The summed E-state index contributed by atoms with van der Waals surface area (Å²) < 4.78 is 0. The van der Waals surface area contributed by atoms with Crippen molar-refractivity contribution in [1.29, 1.82) is 0 Å². The maximum Gasteiger partial charge on any atom is 0.132 e. The molecular weight excluding hydrogens is 150 g/mol. The SMILES string of the molecule is CC1=NOC(C)C1CCCl. The highest BCUT2D eigenvalue weighted by Gasteiger charge is 2.26. The number of alkyl halides is 1. The molecule has 0 aromatic rings. The molecule has 1 aliphatic heterocycles. The van der Waals surface area contributed by atoms with Gasteiger partial charge in [0, 0.05) is 11.8 Å². The first-order valence-corrected chi connectivity index (χ1v) is 4.05. The number of oxime groups is 1. The van der Waals surface area contributed by atoms with Crippen LogP contribution in [0.1, 0.15) is 20.3 Å². The second-order valence-electron chi connectivity index (χ2n) is 2.63. The number of nitrogens with zero attached hydrogens (tertiary/aromatic N) is 1. The molecule has 0 bridgehead atoms. The van der Waals surface area contributed by atoms with Crippen LogP contribution < -0.4 is 0 Å². The minimum Gasteiger partial charge on any atom is -0.392 e. The zero-order chi connectivity index (χ0) is 7.56. The quantitative estimate of drug-likeness (QED) is 0.568. The third kappa shape index (κ3) is 1.43. The second-order valence-corrected chi connectivity index (χ2v) is 3.01. The van der Waals surface area contributed by atoms with Crippen molar-refractivity contribution in [3.05, 3.63) is 0 Å². The number of halogens is 1. The van der Waals surface area contributed by atoms with Crippen molar-refractivity contribution in [3.8, 4) is 0 Å². The van der Waals surface area contributed by atoms with E-state index in [1.54, 1.807) is 0 Å². The molecule has 0 saturated carbocycles. The van der Waals surface area contributed by atoms with Crippen molar-refractivity contribution in [2.75, 3.05) is 5.88 Å². The molecule has 0 N–H and O–H groups in total. The summed E-state index contributed by atoms with van der Waals surface area (Å²) >= 11 is 5.60. The van der Waals surface area contributed by atoms with E-state index in [4.69, 9.17) is 16.4 Å². The minimum absolute atomic E-state index is 0.221. The highest BCUT2D eigenvalue weighted by molar-refractivity contribution is 6.18. The van der Waals surface area contributed by atoms with E-state index in [1.807, 2.05) is 13.8 Å². The lowest BCUT2D eigenvalue weighted by molar-refractivity contribution is 0.0754. The van der Waals surface area contributed by atoms with Crippen molar-refractivity contribution in [2.24, 2.45) is 11.1 Å². The van der Waals surface area contributed by atoms with Crippen LogP contribution in [0.2, 0.25) is 0 Å². The molecule has 1 rings (SSSR count). The largest absolute Gasteiger partial charge is 0.392 e. The Kier molecular flexibility index (Phi) is 2.55. The molecule has 3 heteroatoms. The summed E-state index contributed by atoms with van der Waals surface area (Å²) in [5.74, 6) is 1.13. The maximum atomic E-state index is 5.60. The Morgan fingerprint density at radius 1 is 1.70 bits per heavy atom. The van der Waals surface area contributed by atoms with Gasteiger partial charge >= 0.3 is 0 Å². The van der Waals surface area contributed by atoms with Crippen LogP contribution in [0.5, 0.6) is 0 Å². The fourth-order valence-corrected chi connectivity index (χ4v) is 1.44. The summed E-state index contributed by atoms with van der Waals surface area (Å²) in [4.78, 5) is 5.06. The Balaban J connectivity index is 2.47. The normalized spacial score (nSPS) is 31.7. The van der Waals surface area contributed by atoms with E-state index in [9.17, 15) is 0 Å². The van der Waals surface area contributed by atoms with Gasteiger partial charge in [0.1, 0.15) is 6.10 Å². The maximum absolute atomic E-state index is 5.60. The lowest BCUT2D eigenvalue weighted by Gasteiger charge is -2.10. The van der Waals surface area contributed by atoms with Gasteiger partial charge in [0.15, 0.2) is 0 Å². The molecular formula is C7H12ClNO. The molecule has 0 aromatic heterocycles. The fourth-order valence-electron chi connectivity index (χ4n) is 1.21. The van der Waals surface area contributed by atoms with Gasteiger partial charge in [-0.3, -0.25) is 0 Å². The van der Waals surface area contributed by atoms with Crippen LogP contribution in [0.25, 0.3) is 0 Å². The van der Waals surface area contributed by atoms with Crippen LogP contribution in [0.4, 0.5) is 0 Å². The highest BCUT2D eigenvalue weighted by atomic mass is 35.5. The summed E-state index contributed by atoms with van der Waals surface area (Å²) in [7, 11) is 0. The highest BCUT2D eigenvalue weighted by Crippen LogP contribution is 2.21. The smallest absolute Gasteiger partial charge is 0.132 e. The summed E-state index contributed by atoms with van der Waals surface area (Å²) in [5, 5.41) is 3.88.